The molecule has 0 saturated carbocycles. The molecular formula is C26H37FN2O3S. The number of thiophene rings is 1. The molecule has 1 aliphatic rings. The molecule has 5 nitrogen and oxygen atoms in total. The van der Waals surface area contributed by atoms with Crippen LogP contribution in [0.4, 0.5) is 4.39 Å². The zero-order valence-corrected chi connectivity index (χ0v) is 20.8. The molecule has 0 saturated heterocycles. The van der Waals surface area contributed by atoms with Crippen LogP contribution in [0, 0.1) is 11.7 Å². The lowest BCUT2D eigenvalue weighted by Crippen LogP contribution is -2.48. The molecule has 2 unspecified atom stereocenters. The van der Waals surface area contributed by atoms with Crippen molar-refractivity contribution in [3.05, 3.63) is 52.0 Å². The molecule has 33 heavy (non-hydrogen) atoms. The monoisotopic (exact) mass is 476 g/mol. The van der Waals surface area contributed by atoms with Gasteiger partial charge in [-0.15, -0.1) is 11.3 Å². The minimum absolute atomic E-state index is 0.0483. The number of nitrogens with zero attached hydrogens (tertiary/aromatic N) is 2. The number of carbonyl (C=O) groups is 1. The first-order valence-electron chi connectivity index (χ1n) is 12.0. The van der Waals surface area contributed by atoms with Crippen molar-refractivity contribution in [2.75, 3.05) is 32.8 Å². The van der Waals surface area contributed by atoms with Gasteiger partial charge < -0.3 is 14.7 Å². The van der Waals surface area contributed by atoms with E-state index < -0.39 is 6.10 Å². The van der Waals surface area contributed by atoms with Gasteiger partial charge in [-0.25, -0.2) is 4.39 Å². The lowest BCUT2D eigenvalue weighted by molar-refractivity contribution is -0.136. The number of rotatable bonds is 12. The first-order valence-corrected chi connectivity index (χ1v) is 12.9. The van der Waals surface area contributed by atoms with Crippen LogP contribution >= 0.6 is 11.3 Å². The average Bonchev–Trinajstić information content (AvgIpc) is 3.25. The molecule has 0 fully saturated rings. The van der Waals surface area contributed by atoms with E-state index in [0.29, 0.717) is 24.8 Å². The highest BCUT2D eigenvalue weighted by Gasteiger charge is 2.33. The van der Waals surface area contributed by atoms with Gasteiger partial charge in [-0.1, -0.05) is 33.3 Å². The van der Waals surface area contributed by atoms with E-state index in [-0.39, 0.29) is 30.9 Å². The Labute approximate surface area is 201 Å². The maximum absolute atomic E-state index is 13.6. The molecule has 1 amide bonds. The third-order valence-electron chi connectivity index (χ3n) is 6.09. The Balaban J connectivity index is 1.72. The molecule has 1 aromatic heterocycles. The predicted octanol–water partition coefficient (Wildman–Crippen LogP) is 4.90. The van der Waals surface area contributed by atoms with Crippen molar-refractivity contribution in [3.63, 3.8) is 0 Å². The van der Waals surface area contributed by atoms with Crippen LogP contribution in [0.5, 0.6) is 5.75 Å². The summed E-state index contributed by atoms with van der Waals surface area (Å²) in [5, 5.41) is 12.4. The van der Waals surface area contributed by atoms with E-state index in [4.69, 9.17) is 4.74 Å². The normalized spacial score (nSPS) is 16.8. The average molecular weight is 477 g/mol. The quantitative estimate of drug-likeness (QED) is 0.473. The Kier molecular flexibility index (Phi) is 9.71. The summed E-state index contributed by atoms with van der Waals surface area (Å²) in [6.45, 7) is 8.89. The molecule has 2 aromatic rings. The second-order valence-corrected chi connectivity index (χ2v) is 10.3. The molecule has 0 bridgehead atoms. The first-order chi connectivity index (χ1) is 15.9. The highest BCUT2D eigenvalue weighted by molar-refractivity contribution is 7.10. The zero-order chi connectivity index (χ0) is 23.8. The minimum atomic E-state index is -0.424. The summed E-state index contributed by atoms with van der Waals surface area (Å²) in [6, 6.07) is 7.98. The molecule has 0 aliphatic carbocycles. The van der Waals surface area contributed by atoms with E-state index in [2.05, 4.69) is 37.1 Å². The van der Waals surface area contributed by atoms with Gasteiger partial charge in [-0.2, -0.15) is 0 Å². The largest absolute Gasteiger partial charge is 0.491 e. The summed E-state index contributed by atoms with van der Waals surface area (Å²) in [5.74, 6) is 0.701. The van der Waals surface area contributed by atoms with Crippen LogP contribution < -0.4 is 4.74 Å². The standard InChI is InChI=1S/C26H37FN2O3S/c1-4-6-21(30)16-28(12-9-19(2)3)17-26(31)29-13-10-25-23(11-14-33-25)24(29)18-32-22-8-5-7-20(27)15-22/h5,7-8,11,14-15,19,21,24,30H,4,6,9-10,12-13,16-18H2,1-3H3. The maximum Gasteiger partial charge on any atom is 0.237 e. The minimum Gasteiger partial charge on any atom is -0.491 e. The van der Waals surface area contributed by atoms with Gasteiger partial charge in [-0.3, -0.25) is 9.69 Å². The molecule has 1 aromatic carbocycles. The topological polar surface area (TPSA) is 53.0 Å². The van der Waals surface area contributed by atoms with Crippen molar-refractivity contribution >= 4 is 17.2 Å². The van der Waals surface area contributed by atoms with Gasteiger partial charge in [0.1, 0.15) is 18.2 Å². The Morgan fingerprint density at radius 2 is 2.15 bits per heavy atom. The third kappa shape index (κ3) is 7.52. The molecule has 7 heteroatoms. The van der Waals surface area contributed by atoms with Gasteiger partial charge in [-0.05, 0) is 60.9 Å². The Bertz CT molecular complexity index is 888. The van der Waals surface area contributed by atoms with Crippen LogP contribution in [-0.4, -0.2) is 59.7 Å². The Morgan fingerprint density at radius 1 is 1.33 bits per heavy atom. The molecule has 2 heterocycles. The van der Waals surface area contributed by atoms with Gasteiger partial charge >= 0.3 is 0 Å². The number of hydrogen-bond donors (Lipinski definition) is 1. The van der Waals surface area contributed by atoms with Gasteiger partial charge in [0.2, 0.25) is 5.91 Å². The fraction of sp³-hybridized carbons (Fsp3) is 0.577. The van der Waals surface area contributed by atoms with Crippen molar-refractivity contribution < 1.29 is 19.0 Å². The summed E-state index contributed by atoms with van der Waals surface area (Å²) in [5.41, 5.74) is 1.12. The Hall–Kier alpha value is -1.96. The van der Waals surface area contributed by atoms with E-state index >= 15 is 0 Å². The molecule has 3 rings (SSSR count). The SMILES string of the molecule is CCCC(O)CN(CCC(C)C)CC(=O)N1CCc2sccc2C1COc1cccc(F)c1. The number of aliphatic hydroxyl groups excluding tert-OH is 1. The van der Waals surface area contributed by atoms with Crippen molar-refractivity contribution in [1.82, 2.24) is 9.80 Å². The van der Waals surface area contributed by atoms with Crippen LogP contribution in [-0.2, 0) is 11.2 Å². The van der Waals surface area contributed by atoms with Crippen LogP contribution in [0.25, 0.3) is 0 Å². The predicted molar refractivity (Wildman–Crippen MR) is 131 cm³/mol. The molecule has 0 spiro atoms. The van der Waals surface area contributed by atoms with Crippen LogP contribution in [0.3, 0.4) is 0 Å². The maximum atomic E-state index is 13.6. The summed E-state index contributed by atoms with van der Waals surface area (Å²) in [6.07, 6.45) is 3.04. The number of amides is 1. The molecule has 0 radical (unpaired) electrons. The van der Waals surface area contributed by atoms with E-state index in [0.717, 1.165) is 37.8 Å². The van der Waals surface area contributed by atoms with E-state index in [1.165, 1.54) is 17.0 Å². The number of carbonyl (C=O) groups excluding carboxylic acids is 1. The van der Waals surface area contributed by atoms with Gasteiger partial charge in [0.25, 0.3) is 0 Å². The number of halogens is 1. The lowest BCUT2D eigenvalue weighted by Gasteiger charge is -2.37. The van der Waals surface area contributed by atoms with E-state index in [1.807, 2.05) is 4.90 Å². The highest BCUT2D eigenvalue weighted by Crippen LogP contribution is 2.34. The van der Waals surface area contributed by atoms with Crippen LogP contribution in [0.15, 0.2) is 35.7 Å². The molecule has 1 N–H and O–H groups in total. The highest BCUT2D eigenvalue weighted by atomic mass is 32.1. The Morgan fingerprint density at radius 3 is 2.88 bits per heavy atom. The zero-order valence-electron chi connectivity index (χ0n) is 20.0. The van der Waals surface area contributed by atoms with Crippen molar-refractivity contribution in [2.24, 2.45) is 5.92 Å². The van der Waals surface area contributed by atoms with Gasteiger partial charge in [0, 0.05) is 24.0 Å². The second kappa shape index (κ2) is 12.5. The van der Waals surface area contributed by atoms with Crippen molar-refractivity contribution in [1.29, 1.82) is 0 Å². The van der Waals surface area contributed by atoms with E-state index in [9.17, 15) is 14.3 Å². The molecule has 2 atom stereocenters. The number of aliphatic hydroxyl groups is 1. The number of hydrogen-bond acceptors (Lipinski definition) is 5. The molecular weight excluding hydrogens is 439 g/mol. The summed E-state index contributed by atoms with van der Waals surface area (Å²) in [4.78, 5) is 18.8. The van der Waals surface area contributed by atoms with Crippen LogP contribution in [0.1, 0.15) is 56.5 Å². The number of ether oxygens (including phenoxy) is 1. The van der Waals surface area contributed by atoms with Crippen molar-refractivity contribution in [3.8, 4) is 5.75 Å². The van der Waals surface area contributed by atoms with Crippen molar-refractivity contribution in [2.45, 2.75) is 58.6 Å². The fourth-order valence-electron chi connectivity index (χ4n) is 4.29. The van der Waals surface area contributed by atoms with E-state index in [1.54, 1.807) is 23.5 Å². The van der Waals surface area contributed by atoms with Gasteiger partial charge in [0.05, 0.1) is 18.7 Å². The van der Waals surface area contributed by atoms with Crippen LogP contribution in [0.2, 0.25) is 0 Å². The second-order valence-electron chi connectivity index (χ2n) is 9.28. The lowest BCUT2D eigenvalue weighted by atomic mass is 10.00. The third-order valence-corrected chi connectivity index (χ3v) is 7.09. The fourth-order valence-corrected chi connectivity index (χ4v) is 5.22. The molecule has 1 aliphatic heterocycles. The van der Waals surface area contributed by atoms with Gasteiger partial charge in [0.15, 0.2) is 0 Å². The summed E-state index contributed by atoms with van der Waals surface area (Å²) >= 11 is 1.71. The summed E-state index contributed by atoms with van der Waals surface area (Å²) < 4.78 is 19.5. The summed E-state index contributed by atoms with van der Waals surface area (Å²) in [7, 11) is 0. The smallest absolute Gasteiger partial charge is 0.237 e. The number of fused-ring (bicyclic) bond motifs is 1. The number of benzene rings is 1. The molecule has 182 valence electrons. The first kappa shape index (κ1) is 25.7.